The summed E-state index contributed by atoms with van der Waals surface area (Å²) < 4.78 is 10.5. The minimum absolute atomic E-state index is 0.0542. The van der Waals surface area contributed by atoms with Gasteiger partial charge in [0.25, 0.3) is 0 Å². The first-order valence-electron chi connectivity index (χ1n) is 4.72. The third-order valence-corrected chi connectivity index (χ3v) is 2.16. The van der Waals surface area contributed by atoms with Gasteiger partial charge in [0.2, 0.25) is 0 Å². The van der Waals surface area contributed by atoms with Crippen LogP contribution in [0, 0.1) is 0 Å². The molecule has 0 spiro atoms. The highest BCUT2D eigenvalue weighted by molar-refractivity contribution is 6.30. The molecule has 0 radical (unpaired) electrons. The number of rotatable bonds is 5. The van der Waals surface area contributed by atoms with Crippen LogP contribution in [0.15, 0.2) is 18.2 Å². The van der Waals surface area contributed by atoms with Gasteiger partial charge in [-0.25, -0.2) is 0 Å². The standard InChI is InChI=1S/C11H15ClO3/c1-8(7-14-2)15-11-4-3-10(12)5-9(11)6-13/h3-5,8,13H,6-7H2,1-2H3. The minimum Gasteiger partial charge on any atom is -0.488 e. The molecule has 1 N–H and O–H groups in total. The van der Waals surface area contributed by atoms with Crippen molar-refractivity contribution in [1.82, 2.24) is 0 Å². The van der Waals surface area contributed by atoms with Crippen LogP contribution in [0.25, 0.3) is 0 Å². The summed E-state index contributed by atoms with van der Waals surface area (Å²) in [6.45, 7) is 2.32. The topological polar surface area (TPSA) is 38.7 Å². The molecule has 4 heteroatoms. The highest BCUT2D eigenvalue weighted by atomic mass is 35.5. The molecule has 0 aliphatic rings. The fourth-order valence-corrected chi connectivity index (χ4v) is 1.47. The first-order chi connectivity index (χ1) is 7.17. The van der Waals surface area contributed by atoms with Gasteiger partial charge in [0, 0.05) is 17.7 Å². The van der Waals surface area contributed by atoms with Crippen LogP contribution >= 0.6 is 11.6 Å². The Kier molecular flexibility index (Phi) is 4.88. The molecule has 1 atom stereocenters. The van der Waals surface area contributed by atoms with Gasteiger partial charge in [0.1, 0.15) is 11.9 Å². The van der Waals surface area contributed by atoms with Crippen LogP contribution in [-0.4, -0.2) is 24.9 Å². The van der Waals surface area contributed by atoms with E-state index in [1.165, 1.54) is 0 Å². The van der Waals surface area contributed by atoms with Crippen LogP contribution in [0.4, 0.5) is 0 Å². The molecule has 0 heterocycles. The summed E-state index contributed by atoms with van der Waals surface area (Å²) in [6.07, 6.45) is -0.0542. The second kappa shape index (κ2) is 5.95. The molecule has 1 unspecified atom stereocenters. The summed E-state index contributed by atoms with van der Waals surface area (Å²) >= 11 is 5.80. The van der Waals surface area contributed by atoms with Crippen molar-refractivity contribution in [3.8, 4) is 5.75 Å². The van der Waals surface area contributed by atoms with Crippen molar-refractivity contribution in [1.29, 1.82) is 0 Å². The zero-order valence-electron chi connectivity index (χ0n) is 8.87. The molecule has 1 aromatic rings. The van der Waals surface area contributed by atoms with Gasteiger partial charge in [-0.15, -0.1) is 0 Å². The third-order valence-electron chi connectivity index (χ3n) is 1.92. The summed E-state index contributed by atoms with van der Waals surface area (Å²) in [7, 11) is 1.62. The van der Waals surface area contributed by atoms with Gasteiger partial charge in [-0.1, -0.05) is 11.6 Å². The van der Waals surface area contributed by atoms with Gasteiger partial charge >= 0.3 is 0 Å². The molecule has 1 aromatic carbocycles. The maximum Gasteiger partial charge on any atom is 0.125 e. The molecular formula is C11H15ClO3. The lowest BCUT2D eigenvalue weighted by molar-refractivity contribution is 0.0903. The average molecular weight is 231 g/mol. The largest absolute Gasteiger partial charge is 0.488 e. The van der Waals surface area contributed by atoms with Gasteiger partial charge in [-0.3, -0.25) is 0 Å². The van der Waals surface area contributed by atoms with Crippen molar-refractivity contribution in [3.05, 3.63) is 28.8 Å². The normalized spacial score (nSPS) is 12.5. The number of aliphatic hydroxyl groups is 1. The van der Waals surface area contributed by atoms with Gasteiger partial charge in [0.15, 0.2) is 0 Å². The van der Waals surface area contributed by atoms with E-state index in [4.69, 9.17) is 26.2 Å². The molecule has 0 fully saturated rings. The first kappa shape index (κ1) is 12.3. The highest BCUT2D eigenvalue weighted by Gasteiger charge is 2.08. The Bertz CT molecular complexity index is 315. The summed E-state index contributed by atoms with van der Waals surface area (Å²) in [5.41, 5.74) is 0.686. The van der Waals surface area contributed by atoms with Gasteiger partial charge in [-0.05, 0) is 25.1 Å². The monoisotopic (exact) mass is 230 g/mol. The smallest absolute Gasteiger partial charge is 0.125 e. The molecule has 3 nitrogen and oxygen atoms in total. The zero-order chi connectivity index (χ0) is 11.3. The van der Waals surface area contributed by atoms with E-state index in [9.17, 15) is 0 Å². The fourth-order valence-electron chi connectivity index (χ4n) is 1.27. The predicted molar refractivity (Wildman–Crippen MR) is 59.3 cm³/mol. The quantitative estimate of drug-likeness (QED) is 0.843. The van der Waals surface area contributed by atoms with E-state index < -0.39 is 0 Å². The predicted octanol–water partition coefficient (Wildman–Crippen LogP) is 2.25. The van der Waals surface area contributed by atoms with E-state index >= 15 is 0 Å². The maximum absolute atomic E-state index is 9.12. The van der Waals surface area contributed by atoms with Crippen LogP contribution < -0.4 is 4.74 Å². The van der Waals surface area contributed by atoms with Crippen LogP contribution in [0.5, 0.6) is 5.75 Å². The van der Waals surface area contributed by atoms with Gasteiger partial charge in [-0.2, -0.15) is 0 Å². The summed E-state index contributed by atoms with van der Waals surface area (Å²) in [5.74, 6) is 0.645. The summed E-state index contributed by atoms with van der Waals surface area (Å²) in [4.78, 5) is 0. The van der Waals surface area contributed by atoms with E-state index in [1.807, 2.05) is 6.92 Å². The van der Waals surface area contributed by atoms with Gasteiger partial charge < -0.3 is 14.6 Å². The lowest BCUT2D eigenvalue weighted by Crippen LogP contribution is -2.18. The molecular weight excluding hydrogens is 216 g/mol. The van der Waals surface area contributed by atoms with Crippen molar-refractivity contribution in [2.24, 2.45) is 0 Å². The number of hydrogen-bond acceptors (Lipinski definition) is 3. The number of aliphatic hydroxyl groups excluding tert-OH is 1. The van der Waals surface area contributed by atoms with E-state index in [1.54, 1.807) is 25.3 Å². The molecule has 15 heavy (non-hydrogen) atoms. The molecule has 0 amide bonds. The molecule has 0 saturated heterocycles. The Balaban J connectivity index is 2.75. The van der Waals surface area contributed by atoms with Crippen LogP contribution in [0.3, 0.4) is 0 Å². The maximum atomic E-state index is 9.12. The average Bonchev–Trinajstić information content (AvgIpc) is 2.21. The lowest BCUT2D eigenvalue weighted by atomic mass is 10.2. The number of hydrogen-bond donors (Lipinski definition) is 1. The van der Waals surface area contributed by atoms with Crippen molar-refractivity contribution in [2.45, 2.75) is 19.6 Å². The highest BCUT2D eigenvalue weighted by Crippen LogP contribution is 2.23. The van der Waals surface area contributed by atoms with E-state index in [0.29, 0.717) is 22.9 Å². The van der Waals surface area contributed by atoms with Crippen molar-refractivity contribution in [3.63, 3.8) is 0 Å². The number of benzene rings is 1. The summed E-state index contributed by atoms with van der Waals surface area (Å²) in [5, 5.41) is 9.70. The van der Waals surface area contributed by atoms with Crippen molar-refractivity contribution < 1.29 is 14.6 Å². The first-order valence-corrected chi connectivity index (χ1v) is 5.10. The molecule has 0 aromatic heterocycles. The molecule has 84 valence electrons. The molecule has 0 bridgehead atoms. The minimum atomic E-state index is -0.0877. The molecule has 0 aliphatic carbocycles. The molecule has 0 saturated carbocycles. The zero-order valence-corrected chi connectivity index (χ0v) is 9.62. The molecule has 1 rings (SSSR count). The number of ether oxygens (including phenoxy) is 2. The molecule has 0 aliphatic heterocycles. The summed E-state index contributed by atoms with van der Waals surface area (Å²) in [6, 6.07) is 5.17. The van der Waals surface area contributed by atoms with E-state index in [-0.39, 0.29) is 12.7 Å². The third kappa shape index (κ3) is 3.70. The SMILES string of the molecule is COCC(C)Oc1ccc(Cl)cc1CO. The van der Waals surface area contributed by atoms with Crippen LogP contribution in [0.2, 0.25) is 5.02 Å². The van der Waals surface area contributed by atoms with Crippen molar-refractivity contribution in [2.75, 3.05) is 13.7 Å². The second-order valence-corrected chi connectivity index (χ2v) is 3.73. The second-order valence-electron chi connectivity index (χ2n) is 3.29. The Morgan fingerprint density at radius 2 is 2.20 bits per heavy atom. The van der Waals surface area contributed by atoms with Gasteiger partial charge in [0.05, 0.1) is 13.2 Å². The van der Waals surface area contributed by atoms with Crippen LogP contribution in [0.1, 0.15) is 12.5 Å². The Morgan fingerprint density at radius 1 is 1.47 bits per heavy atom. The number of halogens is 1. The van der Waals surface area contributed by atoms with Crippen molar-refractivity contribution >= 4 is 11.6 Å². The fraction of sp³-hybridized carbons (Fsp3) is 0.455. The lowest BCUT2D eigenvalue weighted by Gasteiger charge is -2.16. The Hall–Kier alpha value is -0.770. The Labute approximate surface area is 94.6 Å². The van der Waals surface area contributed by atoms with Crippen LogP contribution in [-0.2, 0) is 11.3 Å². The van der Waals surface area contributed by atoms with E-state index in [2.05, 4.69) is 0 Å². The van der Waals surface area contributed by atoms with E-state index in [0.717, 1.165) is 0 Å². The number of methoxy groups -OCH3 is 1. The Morgan fingerprint density at radius 3 is 2.80 bits per heavy atom.